The number of nitrogens with zero attached hydrogens (tertiary/aromatic N) is 2. The molecule has 0 aliphatic heterocycles. The van der Waals surface area contributed by atoms with Crippen LogP contribution in [0.3, 0.4) is 0 Å². The van der Waals surface area contributed by atoms with Crippen molar-refractivity contribution in [2.45, 2.75) is 20.1 Å². The number of hydrogen-bond donors (Lipinski definition) is 1. The predicted molar refractivity (Wildman–Crippen MR) is 96.4 cm³/mol. The molecular weight excluding hydrogens is 354 g/mol. The van der Waals surface area contributed by atoms with Gasteiger partial charge in [0.15, 0.2) is 0 Å². The molecule has 0 aliphatic rings. The molecule has 2 heterocycles. The van der Waals surface area contributed by atoms with Gasteiger partial charge in [0.2, 0.25) is 0 Å². The highest BCUT2D eigenvalue weighted by Gasteiger charge is 2.21. The Bertz CT molecular complexity index is 1060. The number of rotatable bonds is 7. The second-order valence-electron chi connectivity index (χ2n) is 5.74. The van der Waals surface area contributed by atoms with Crippen LogP contribution in [-0.2, 0) is 34.3 Å². The summed E-state index contributed by atoms with van der Waals surface area (Å²) in [4.78, 5) is 40.2. The Balaban J connectivity index is 2.05. The molecule has 3 aromatic rings. The fourth-order valence-corrected chi connectivity index (χ4v) is 2.77. The van der Waals surface area contributed by atoms with Gasteiger partial charge in [0.25, 0.3) is 5.56 Å². The first-order chi connectivity index (χ1) is 13.1. The maximum absolute atomic E-state index is 12.7. The molecule has 142 valence electrons. The Morgan fingerprint density at radius 3 is 2.48 bits per heavy atom. The molecule has 2 aromatic heterocycles. The monoisotopic (exact) mass is 373 g/mol. The van der Waals surface area contributed by atoms with E-state index in [9.17, 15) is 14.4 Å². The number of fused-ring (bicyclic) bond motifs is 1. The zero-order chi connectivity index (χ0) is 19.4. The molecule has 9 heteroatoms. The topological polar surface area (TPSA) is 105 Å². The third-order valence-corrected chi connectivity index (χ3v) is 4.05. The van der Waals surface area contributed by atoms with E-state index in [1.54, 1.807) is 0 Å². The average Bonchev–Trinajstić information content (AvgIpc) is 3.13. The lowest BCUT2D eigenvalue weighted by Gasteiger charge is -2.12. The number of benzene rings is 1. The number of esters is 1. The molecule has 3 rings (SSSR count). The highest BCUT2D eigenvalue weighted by molar-refractivity contribution is 6.02. The van der Waals surface area contributed by atoms with Crippen molar-refractivity contribution >= 4 is 17.0 Å². The average molecular weight is 373 g/mol. The molecule has 9 nitrogen and oxygen atoms in total. The van der Waals surface area contributed by atoms with Gasteiger partial charge in [0, 0.05) is 13.3 Å². The Morgan fingerprint density at radius 2 is 1.81 bits per heavy atom. The van der Waals surface area contributed by atoms with Gasteiger partial charge in [-0.3, -0.25) is 9.36 Å². The molecule has 1 N–H and O–H groups in total. The minimum absolute atomic E-state index is 0.0409. The van der Waals surface area contributed by atoms with Crippen LogP contribution in [0, 0.1) is 0 Å². The molecule has 0 bridgehead atoms. The normalized spacial score (nSPS) is 11.0. The van der Waals surface area contributed by atoms with E-state index in [0.717, 1.165) is 10.1 Å². The van der Waals surface area contributed by atoms with E-state index in [1.165, 1.54) is 25.0 Å². The summed E-state index contributed by atoms with van der Waals surface area (Å²) in [6.45, 7) is -0.0871. The zero-order valence-electron chi connectivity index (χ0n) is 14.9. The summed E-state index contributed by atoms with van der Waals surface area (Å²) in [7, 11) is 2.58. The van der Waals surface area contributed by atoms with Crippen molar-refractivity contribution in [1.29, 1.82) is 0 Å². The summed E-state index contributed by atoms with van der Waals surface area (Å²) in [5.41, 5.74) is -0.0859. The smallest absolute Gasteiger partial charge is 0.340 e. The second-order valence-corrected chi connectivity index (χ2v) is 5.74. The van der Waals surface area contributed by atoms with Gasteiger partial charge in [-0.15, -0.1) is 0 Å². The standard InChI is InChI=1S/C18H19N3O6/c1-25-10-21-16(22)14-13(17(23)26-2)8-19-15(14)20(18(21)24)11-27-9-12-6-4-3-5-7-12/h3-8,19H,9-11H2,1-2H3. The number of aromatic nitrogens is 3. The summed E-state index contributed by atoms with van der Waals surface area (Å²) in [5, 5.41) is 0.0433. The Labute approximate surface area is 153 Å². The van der Waals surface area contributed by atoms with Crippen LogP contribution in [0.25, 0.3) is 11.0 Å². The molecule has 0 radical (unpaired) electrons. The first-order valence-corrected chi connectivity index (χ1v) is 8.12. The summed E-state index contributed by atoms with van der Waals surface area (Å²) >= 11 is 0. The van der Waals surface area contributed by atoms with E-state index < -0.39 is 17.2 Å². The first kappa shape index (κ1) is 18.6. The van der Waals surface area contributed by atoms with Gasteiger partial charge < -0.3 is 19.2 Å². The van der Waals surface area contributed by atoms with Gasteiger partial charge in [-0.2, -0.15) is 0 Å². The summed E-state index contributed by atoms with van der Waals surface area (Å²) in [6.07, 6.45) is 1.34. The highest BCUT2D eigenvalue weighted by Crippen LogP contribution is 2.14. The Morgan fingerprint density at radius 1 is 1.07 bits per heavy atom. The summed E-state index contributed by atoms with van der Waals surface area (Å²) < 4.78 is 17.4. The van der Waals surface area contributed by atoms with Gasteiger partial charge >= 0.3 is 11.7 Å². The van der Waals surface area contributed by atoms with E-state index in [1.807, 2.05) is 30.3 Å². The molecule has 0 fully saturated rings. The van der Waals surface area contributed by atoms with Crippen molar-refractivity contribution in [3.63, 3.8) is 0 Å². The summed E-state index contributed by atoms with van der Waals surface area (Å²) in [5.74, 6) is -0.683. The number of methoxy groups -OCH3 is 2. The third-order valence-electron chi connectivity index (χ3n) is 4.05. The van der Waals surface area contributed by atoms with Crippen LogP contribution >= 0.6 is 0 Å². The van der Waals surface area contributed by atoms with Crippen LogP contribution in [0.1, 0.15) is 15.9 Å². The molecule has 27 heavy (non-hydrogen) atoms. The largest absolute Gasteiger partial charge is 0.465 e. The minimum atomic E-state index is -0.683. The summed E-state index contributed by atoms with van der Waals surface area (Å²) in [6, 6.07) is 9.46. The van der Waals surface area contributed by atoms with Gasteiger partial charge in [-0.1, -0.05) is 30.3 Å². The molecule has 0 spiro atoms. The lowest BCUT2D eigenvalue weighted by atomic mass is 10.2. The second kappa shape index (κ2) is 8.02. The van der Waals surface area contributed by atoms with E-state index in [-0.39, 0.29) is 36.7 Å². The van der Waals surface area contributed by atoms with Crippen LogP contribution in [0.4, 0.5) is 0 Å². The third kappa shape index (κ3) is 3.55. The SMILES string of the molecule is COCn1c(=O)c2c(C(=O)OC)c[nH]c2n(COCc2ccccc2)c1=O. The molecular formula is C18H19N3O6. The molecule has 0 atom stereocenters. The van der Waals surface area contributed by atoms with Crippen LogP contribution in [-0.4, -0.2) is 34.3 Å². The number of carbonyl (C=O) groups excluding carboxylic acids is 1. The van der Waals surface area contributed by atoms with Crippen LogP contribution in [0.15, 0.2) is 46.1 Å². The predicted octanol–water partition coefficient (Wildman–Crippen LogP) is 1.06. The van der Waals surface area contributed by atoms with Gasteiger partial charge in [0.1, 0.15) is 19.1 Å². The molecule has 0 saturated carbocycles. The number of carbonyl (C=O) groups is 1. The molecule has 1 aromatic carbocycles. The van der Waals surface area contributed by atoms with Crippen LogP contribution < -0.4 is 11.2 Å². The van der Waals surface area contributed by atoms with Gasteiger partial charge in [-0.25, -0.2) is 14.2 Å². The fourth-order valence-electron chi connectivity index (χ4n) is 2.77. The lowest BCUT2D eigenvalue weighted by Crippen LogP contribution is -2.41. The maximum atomic E-state index is 12.7. The molecule has 0 saturated heterocycles. The van der Waals surface area contributed by atoms with E-state index in [2.05, 4.69) is 4.98 Å². The quantitative estimate of drug-likeness (QED) is 0.621. The zero-order valence-corrected chi connectivity index (χ0v) is 14.9. The van der Waals surface area contributed by atoms with Crippen molar-refractivity contribution in [2.75, 3.05) is 14.2 Å². The first-order valence-electron chi connectivity index (χ1n) is 8.12. The lowest BCUT2D eigenvalue weighted by molar-refractivity contribution is 0.0587. The van der Waals surface area contributed by atoms with Crippen LogP contribution in [0.5, 0.6) is 0 Å². The number of ether oxygens (including phenoxy) is 3. The van der Waals surface area contributed by atoms with Crippen molar-refractivity contribution in [3.05, 3.63) is 68.5 Å². The Hall–Kier alpha value is -3.17. The maximum Gasteiger partial charge on any atom is 0.340 e. The number of hydrogen-bond acceptors (Lipinski definition) is 6. The molecule has 0 amide bonds. The number of H-pyrrole nitrogens is 1. The minimum Gasteiger partial charge on any atom is -0.465 e. The molecule has 0 unspecified atom stereocenters. The van der Waals surface area contributed by atoms with Crippen molar-refractivity contribution in [1.82, 2.24) is 14.1 Å². The van der Waals surface area contributed by atoms with Crippen LogP contribution in [0.2, 0.25) is 0 Å². The van der Waals surface area contributed by atoms with Crippen molar-refractivity contribution < 1.29 is 19.0 Å². The number of aromatic amines is 1. The van der Waals surface area contributed by atoms with Gasteiger partial charge in [0.05, 0.1) is 24.7 Å². The van der Waals surface area contributed by atoms with E-state index in [0.29, 0.717) is 0 Å². The van der Waals surface area contributed by atoms with Crippen molar-refractivity contribution in [3.8, 4) is 0 Å². The van der Waals surface area contributed by atoms with Gasteiger partial charge in [-0.05, 0) is 5.56 Å². The van der Waals surface area contributed by atoms with E-state index >= 15 is 0 Å². The Kier molecular flexibility index (Phi) is 5.53. The van der Waals surface area contributed by atoms with Crippen molar-refractivity contribution in [2.24, 2.45) is 0 Å². The fraction of sp³-hybridized carbons (Fsp3) is 0.278. The van der Waals surface area contributed by atoms with E-state index in [4.69, 9.17) is 14.2 Å². The molecule has 0 aliphatic carbocycles. The highest BCUT2D eigenvalue weighted by atomic mass is 16.5. The number of nitrogens with one attached hydrogen (secondary N) is 1.